The SMILES string of the molecule is O=C(O)CN(CC1CC1)C(=O)Nc1cccc(Cl)c1F. The lowest BCUT2D eigenvalue weighted by Crippen LogP contribution is -2.40. The van der Waals surface area contributed by atoms with E-state index in [2.05, 4.69) is 5.32 Å². The van der Waals surface area contributed by atoms with Crippen LogP contribution in [0.1, 0.15) is 12.8 Å². The number of rotatable bonds is 5. The third-order valence-electron chi connectivity index (χ3n) is 2.98. The first-order valence-corrected chi connectivity index (χ1v) is 6.57. The Morgan fingerprint density at radius 3 is 2.75 bits per heavy atom. The average Bonchev–Trinajstić information content (AvgIpc) is 3.17. The summed E-state index contributed by atoms with van der Waals surface area (Å²) in [6.07, 6.45) is 1.96. The number of nitrogens with one attached hydrogen (secondary N) is 1. The van der Waals surface area contributed by atoms with Gasteiger partial charge in [0.1, 0.15) is 6.54 Å². The van der Waals surface area contributed by atoms with Gasteiger partial charge in [-0.1, -0.05) is 17.7 Å². The number of benzene rings is 1. The van der Waals surface area contributed by atoms with E-state index in [9.17, 15) is 14.0 Å². The summed E-state index contributed by atoms with van der Waals surface area (Å²) in [5.41, 5.74) is -0.0614. The van der Waals surface area contributed by atoms with Gasteiger partial charge in [-0.2, -0.15) is 0 Å². The standard InChI is InChI=1S/C13H14ClFN2O3/c14-9-2-1-3-10(12(9)15)16-13(20)17(7-11(18)19)6-8-4-5-8/h1-3,8H,4-7H2,(H,16,20)(H,18,19). The zero-order valence-electron chi connectivity index (χ0n) is 10.6. The summed E-state index contributed by atoms with van der Waals surface area (Å²) in [4.78, 5) is 24.0. The molecule has 0 radical (unpaired) electrons. The Balaban J connectivity index is 2.06. The summed E-state index contributed by atoms with van der Waals surface area (Å²) >= 11 is 5.62. The van der Waals surface area contributed by atoms with E-state index in [4.69, 9.17) is 16.7 Å². The van der Waals surface area contributed by atoms with E-state index in [0.717, 1.165) is 12.8 Å². The summed E-state index contributed by atoms with van der Waals surface area (Å²) in [6, 6.07) is 3.60. The minimum Gasteiger partial charge on any atom is -0.480 e. The van der Waals surface area contributed by atoms with Crippen LogP contribution in [0, 0.1) is 11.7 Å². The predicted molar refractivity (Wildman–Crippen MR) is 72.4 cm³/mol. The molecule has 2 amide bonds. The van der Waals surface area contributed by atoms with Crippen molar-refractivity contribution in [2.75, 3.05) is 18.4 Å². The molecule has 0 aromatic heterocycles. The van der Waals surface area contributed by atoms with Crippen LogP contribution in [0.2, 0.25) is 5.02 Å². The van der Waals surface area contributed by atoms with E-state index in [1.807, 2.05) is 0 Å². The summed E-state index contributed by atoms with van der Waals surface area (Å²) in [7, 11) is 0. The Morgan fingerprint density at radius 1 is 1.45 bits per heavy atom. The van der Waals surface area contributed by atoms with Crippen LogP contribution < -0.4 is 5.32 Å². The molecule has 0 saturated heterocycles. The molecule has 0 atom stereocenters. The Morgan fingerprint density at radius 2 is 2.15 bits per heavy atom. The van der Waals surface area contributed by atoms with Crippen LogP contribution in [0.5, 0.6) is 0 Å². The molecule has 1 aromatic rings. The average molecular weight is 301 g/mol. The summed E-state index contributed by atoms with van der Waals surface area (Å²) in [5, 5.41) is 11.1. The first-order chi connectivity index (χ1) is 9.47. The number of amides is 2. The van der Waals surface area contributed by atoms with Crippen LogP contribution in [-0.4, -0.2) is 35.1 Å². The number of carboxylic acids is 1. The van der Waals surface area contributed by atoms with Crippen LogP contribution >= 0.6 is 11.6 Å². The maximum atomic E-state index is 13.7. The van der Waals surface area contributed by atoms with Gasteiger partial charge in [0, 0.05) is 6.54 Å². The van der Waals surface area contributed by atoms with E-state index in [0.29, 0.717) is 12.5 Å². The van der Waals surface area contributed by atoms with Crippen molar-refractivity contribution in [3.8, 4) is 0 Å². The molecule has 0 heterocycles. The quantitative estimate of drug-likeness (QED) is 0.878. The lowest BCUT2D eigenvalue weighted by molar-refractivity contribution is -0.137. The number of carboxylic acid groups (broad SMARTS) is 1. The Kier molecular flexibility index (Phi) is 4.44. The number of aliphatic carboxylic acids is 1. The number of halogens is 2. The van der Waals surface area contributed by atoms with Crippen LogP contribution in [0.15, 0.2) is 18.2 Å². The van der Waals surface area contributed by atoms with Crippen molar-refractivity contribution >= 4 is 29.3 Å². The van der Waals surface area contributed by atoms with Crippen LogP contribution in [0.3, 0.4) is 0 Å². The summed E-state index contributed by atoms with van der Waals surface area (Å²) in [5.74, 6) is -1.50. The molecule has 2 N–H and O–H groups in total. The molecule has 0 spiro atoms. The molecular weight excluding hydrogens is 287 g/mol. The van der Waals surface area contributed by atoms with Gasteiger partial charge in [0.15, 0.2) is 5.82 Å². The Hall–Kier alpha value is -1.82. The highest BCUT2D eigenvalue weighted by Gasteiger charge is 2.28. The van der Waals surface area contributed by atoms with Crippen molar-refractivity contribution in [3.63, 3.8) is 0 Å². The van der Waals surface area contributed by atoms with Gasteiger partial charge in [-0.15, -0.1) is 0 Å². The molecule has 0 bridgehead atoms. The second-order valence-corrected chi connectivity index (χ2v) is 5.16. The fourth-order valence-corrected chi connectivity index (χ4v) is 1.96. The van der Waals surface area contributed by atoms with Gasteiger partial charge in [-0.3, -0.25) is 4.79 Å². The number of nitrogens with zero attached hydrogens (tertiary/aromatic N) is 1. The number of carbonyl (C=O) groups is 2. The second-order valence-electron chi connectivity index (χ2n) is 4.75. The first kappa shape index (κ1) is 14.6. The highest BCUT2D eigenvalue weighted by Crippen LogP contribution is 2.30. The number of anilines is 1. The molecule has 7 heteroatoms. The van der Waals surface area contributed by atoms with Crippen molar-refractivity contribution in [1.29, 1.82) is 0 Å². The third-order valence-corrected chi connectivity index (χ3v) is 3.27. The maximum absolute atomic E-state index is 13.7. The van der Waals surface area contributed by atoms with Gasteiger partial charge in [0.05, 0.1) is 10.7 Å². The topological polar surface area (TPSA) is 69.6 Å². The minimum atomic E-state index is -1.10. The van der Waals surface area contributed by atoms with Crippen molar-refractivity contribution < 1.29 is 19.1 Å². The van der Waals surface area contributed by atoms with Crippen molar-refractivity contribution in [2.24, 2.45) is 5.92 Å². The van der Waals surface area contributed by atoms with Gasteiger partial charge >= 0.3 is 12.0 Å². The number of hydrogen-bond donors (Lipinski definition) is 2. The highest BCUT2D eigenvalue weighted by atomic mass is 35.5. The van der Waals surface area contributed by atoms with E-state index >= 15 is 0 Å². The van der Waals surface area contributed by atoms with E-state index in [1.54, 1.807) is 0 Å². The molecule has 1 fully saturated rings. The van der Waals surface area contributed by atoms with Crippen LogP contribution in [0.4, 0.5) is 14.9 Å². The fourth-order valence-electron chi connectivity index (χ4n) is 1.79. The fraction of sp³-hybridized carbons (Fsp3) is 0.385. The first-order valence-electron chi connectivity index (χ1n) is 6.19. The molecule has 1 aliphatic carbocycles. The zero-order valence-corrected chi connectivity index (χ0v) is 11.4. The molecule has 0 unspecified atom stereocenters. The second kappa shape index (κ2) is 6.09. The molecule has 1 aliphatic rings. The summed E-state index contributed by atoms with van der Waals surface area (Å²) < 4.78 is 13.7. The molecule has 0 aliphatic heterocycles. The minimum absolute atomic E-state index is 0.0614. The predicted octanol–water partition coefficient (Wildman–Crippen LogP) is 2.81. The molecule has 2 rings (SSSR count). The normalized spacial score (nSPS) is 13.9. The molecule has 1 aromatic carbocycles. The number of urea groups is 1. The molecule has 20 heavy (non-hydrogen) atoms. The van der Waals surface area contributed by atoms with E-state index < -0.39 is 24.4 Å². The monoisotopic (exact) mass is 300 g/mol. The Bertz CT molecular complexity index is 534. The smallest absolute Gasteiger partial charge is 0.323 e. The molecular formula is C13H14ClFN2O3. The molecule has 5 nitrogen and oxygen atoms in total. The van der Waals surface area contributed by atoms with Gasteiger partial charge in [0.2, 0.25) is 0 Å². The van der Waals surface area contributed by atoms with Gasteiger partial charge in [-0.25, -0.2) is 9.18 Å². The highest BCUT2D eigenvalue weighted by molar-refractivity contribution is 6.31. The molecule has 108 valence electrons. The van der Waals surface area contributed by atoms with Gasteiger partial charge in [-0.05, 0) is 30.9 Å². The zero-order chi connectivity index (χ0) is 14.7. The Labute approximate surface area is 120 Å². The van der Waals surface area contributed by atoms with Crippen molar-refractivity contribution in [3.05, 3.63) is 29.0 Å². The molecule has 1 saturated carbocycles. The van der Waals surface area contributed by atoms with Crippen LogP contribution in [0.25, 0.3) is 0 Å². The number of hydrogen-bond acceptors (Lipinski definition) is 2. The van der Waals surface area contributed by atoms with Crippen molar-refractivity contribution in [1.82, 2.24) is 4.90 Å². The lowest BCUT2D eigenvalue weighted by Gasteiger charge is -2.21. The van der Waals surface area contributed by atoms with Crippen molar-refractivity contribution in [2.45, 2.75) is 12.8 Å². The van der Waals surface area contributed by atoms with E-state index in [-0.39, 0.29) is 10.7 Å². The van der Waals surface area contributed by atoms with Gasteiger partial charge < -0.3 is 15.3 Å². The van der Waals surface area contributed by atoms with Gasteiger partial charge in [0.25, 0.3) is 0 Å². The number of carbonyl (C=O) groups excluding carboxylic acids is 1. The summed E-state index contributed by atoms with van der Waals surface area (Å²) in [6.45, 7) is -0.0508. The van der Waals surface area contributed by atoms with Crippen LogP contribution in [-0.2, 0) is 4.79 Å². The van der Waals surface area contributed by atoms with E-state index in [1.165, 1.54) is 23.1 Å². The third kappa shape index (κ3) is 3.84. The maximum Gasteiger partial charge on any atom is 0.323 e. The lowest BCUT2D eigenvalue weighted by atomic mass is 10.3. The largest absolute Gasteiger partial charge is 0.480 e.